The molecule has 0 aromatic heterocycles. The van der Waals surface area contributed by atoms with Gasteiger partial charge in [-0.3, -0.25) is 0 Å². The highest BCUT2D eigenvalue weighted by molar-refractivity contribution is 7.70. The van der Waals surface area contributed by atoms with Gasteiger partial charge in [0.2, 0.25) is 0 Å². The van der Waals surface area contributed by atoms with Crippen LogP contribution in [0.5, 0.6) is 5.75 Å². The molecule has 20 heavy (non-hydrogen) atoms. The van der Waals surface area contributed by atoms with Crippen molar-refractivity contribution in [3.8, 4) is 5.75 Å². The Labute approximate surface area is 121 Å². The van der Waals surface area contributed by atoms with Gasteiger partial charge in [-0.1, -0.05) is 20.8 Å². The summed E-state index contributed by atoms with van der Waals surface area (Å²) in [5.74, 6) is 0.643. The van der Waals surface area contributed by atoms with Gasteiger partial charge in [0.1, 0.15) is 19.5 Å². The zero-order valence-electron chi connectivity index (χ0n) is 13.1. The van der Waals surface area contributed by atoms with Gasteiger partial charge < -0.3 is 19.7 Å². The number of aliphatic hydroxyl groups excluding tert-OH is 1. The van der Waals surface area contributed by atoms with Crippen molar-refractivity contribution in [1.82, 2.24) is 0 Å². The van der Waals surface area contributed by atoms with E-state index in [1.807, 2.05) is 12.1 Å². The van der Waals surface area contributed by atoms with E-state index in [0.717, 1.165) is 17.5 Å². The molecule has 0 aliphatic rings. The lowest BCUT2D eigenvalue weighted by Gasteiger charge is -2.22. The lowest BCUT2D eigenvalue weighted by Crippen LogP contribution is -2.20. The lowest BCUT2D eigenvalue weighted by atomic mass is 9.97. The van der Waals surface area contributed by atoms with Crippen LogP contribution in [0.4, 0.5) is 5.69 Å². The zero-order chi connectivity index (χ0) is 15.4. The summed E-state index contributed by atoms with van der Waals surface area (Å²) in [7, 11) is -2.32. The molecule has 1 aromatic carbocycles. The lowest BCUT2D eigenvalue weighted by molar-refractivity contribution is 0.202. The molecule has 0 fully saturated rings. The highest BCUT2D eigenvalue weighted by Crippen LogP contribution is 2.37. The van der Waals surface area contributed by atoms with E-state index in [-0.39, 0.29) is 18.6 Å². The van der Waals surface area contributed by atoms with E-state index in [9.17, 15) is 4.57 Å². The Kier molecular flexibility index (Phi) is 5.67. The number of hydrogen-bond donors (Lipinski definition) is 2. The molecule has 4 nitrogen and oxygen atoms in total. The Hall–Kier alpha value is -0.990. The fraction of sp³-hybridized carbons (Fsp3) is 0.600. The first-order chi connectivity index (χ1) is 9.13. The second-order valence-electron chi connectivity index (χ2n) is 6.52. The van der Waals surface area contributed by atoms with Gasteiger partial charge in [0.05, 0.1) is 12.3 Å². The minimum absolute atomic E-state index is 0.0428. The van der Waals surface area contributed by atoms with Crippen LogP contribution in [0.1, 0.15) is 20.8 Å². The number of aliphatic hydroxyl groups is 1. The molecule has 0 bridgehead atoms. The number of nitrogens with one attached hydrogen (secondary N) is 1. The number of hydrogen-bond acceptors (Lipinski definition) is 4. The van der Waals surface area contributed by atoms with Crippen molar-refractivity contribution >= 4 is 18.1 Å². The number of rotatable bonds is 6. The average molecular weight is 299 g/mol. The summed E-state index contributed by atoms with van der Waals surface area (Å²) in [4.78, 5) is 0. The summed E-state index contributed by atoms with van der Waals surface area (Å²) >= 11 is 0. The van der Waals surface area contributed by atoms with Crippen LogP contribution in [0.15, 0.2) is 18.2 Å². The molecule has 0 spiro atoms. The van der Waals surface area contributed by atoms with E-state index in [2.05, 4.69) is 26.1 Å². The Morgan fingerprint density at radius 3 is 2.45 bits per heavy atom. The minimum Gasteiger partial charge on any atom is -0.489 e. The Balaban J connectivity index is 3.00. The van der Waals surface area contributed by atoms with Crippen LogP contribution in [0.2, 0.25) is 0 Å². The summed E-state index contributed by atoms with van der Waals surface area (Å²) in [6.07, 6.45) is 0. The van der Waals surface area contributed by atoms with Crippen molar-refractivity contribution in [3.63, 3.8) is 0 Å². The molecule has 1 rings (SSSR count). The zero-order valence-corrected chi connectivity index (χ0v) is 14.0. The first kappa shape index (κ1) is 17.1. The fourth-order valence-corrected chi connectivity index (χ4v) is 2.49. The Morgan fingerprint density at radius 2 is 1.95 bits per heavy atom. The molecule has 5 heteroatoms. The van der Waals surface area contributed by atoms with Crippen LogP contribution in [0, 0.1) is 5.41 Å². The molecule has 1 aromatic rings. The summed E-state index contributed by atoms with van der Waals surface area (Å²) in [6, 6.07) is 5.58. The summed E-state index contributed by atoms with van der Waals surface area (Å²) in [6.45, 7) is 10.9. The summed E-state index contributed by atoms with van der Waals surface area (Å²) in [5, 5.41) is 13.0. The normalized spacial score (nSPS) is 12.3. The number of benzene rings is 1. The minimum atomic E-state index is -2.32. The first-order valence-corrected chi connectivity index (χ1v) is 9.41. The third kappa shape index (κ3) is 5.56. The van der Waals surface area contributed by atoms with E-state index >= 15 is 0 Å². The van der Waals surface area contributed by atoms with Gasteiger partial charge in [0, 0.05) is 11.8 Å². The molecule has 0 amide bonds. The molecule has 0 aliphatic carbocycles. The molecule has 0 radical (unpaired) electrons. The SMILES string of the molecule is CC(C)(C)CNc1ccc(P(C)(C)=O)cc1OCCO. The van der Waals surface area contributed by atoms with Crippen molar-refractivity contribution < 1.29 is 14.4 Å². The number of ether oxygens (including phenoxy) is 1. The predicted octanol–water partition coefficient (Wildman–Crippen LogP) is 2.76. The van der Waals surface area contributed by atoms with Gasteiger partial charge in [-0.15, -0.1) is 0 Å². The van der Waals surface area contributed by atoms with Crippen molar-refractivity contribution in [1.29, 1.82) is 0 Å². The smallest absolute Gasteiger partial charge is 0.143 e. The van der Waals surface area contributed by atoms with E-state index in [1.165, 1.54) is 0 Å². The fourth-order valence-electron chi connectivity index (χ4n) is 1.63. The summed E-state index contributed by atoms with van der Waals surface area (Å²) in [5.41, 5.74) is 1.02. The van der Waals surface area contributed by atoms with Crippen molar-refractivity contribution in [3.05, 3.63) is 18.2 Å². The van der Waals surface area contributed by atoms with E-state index in [4.69, 9.17) is 9.84 Å². The standard InChI is InChI=1S/C15H26NO3P/c1-15(2,3)11-16-13-7-6-12(20(4,5)18)10-14(13)19-9-8-17/h6-7,10,16-17H,8-9,11H2,1-5H3. The first-order valence-electron chi connectivity index (χ1n) is 6.80. The summed E-state index contributed by atoms with van der Waals surface area (Å²) < 4.78 is 17.7. The third-order valence-corrected chi connectivity index (χ3v) is 4.27. The second-order valence-corrected chi connectivity index (χ2v) is 9.74. The van der Waals surface area contributed by atoms with Gasteiger partial charge in [-0.05, 0) is 36.9 Å². The highest BCUT2D eigenvalue weighted by Gasteiger charge is 2.16. The monoisotopic (exact) mass is 299 g/mol. The van der Waals surface area contributed by atoms with Crippen LogP contribution in [0.3, 0.4) is 0 Å². The Bertz CT molecular complexity index is 488. The van der Waals surface area contributed by atoms with E-state index in [0.29, 0.717) is 5.75 Å². The topological polar surface area (TPSA) is 58.6 Å². The van der Waals surface area contributed by atoms with Gasteiger partial charge in [-0.2, -0.15) is 0 Å². The molecule has 0 heterocycles. The maximum Gasteiger partial charge on any atom is 0.143 e. The van der Waals surface area contributed by atoms with Crippen molar-refractivity contribution in [2.45, 2.75) is 20.8 Å². The van der Waals surface area contributed by atoms with Crippen LogP contribution in [-0.2, 0) is 4.57 Å². The quantitative estimate of drug-likeness (QED) is 0.793. The van der Waals surface area contributed by atoms with Crippen molar-refractivity contribution in [2.24, 2.45) is 5.41 Å². The van der Waals surface area contributed by atoms with E-state index < -0.39 is 7.14 Å². The number of anilines is 1. The highest BCUT2D eigenvalue weighted by atomic mass is 31.2. The Morgan fingerprint density at radius 1 is 1.30 bits per heavy atom. The van der Waals surface area contributed by atoms with Gasteiger partial charge >= 0.3 is 0 Å². The van der Waals surface area contributed by atoms with Crippen molar-refractivity contribution in [2.75, 3.05) is 38.4 Å². The predicted molar refractivity (Wildman–Crippen MR) is 86.1 cm³/mol. The second kappa shape index (κ2) is 6.64. The van der Waals surface area contributed by atoms with Gasteiger partial charge in [0.15, 0.2) is 0 Å². The van der Waals surface area contributed by atoms with Gasteiger partial charge in [-0.25, -0.2) is 0 Å². The maximum atomic E-state index is 12.1. The molecule has 0 unspecified atom stereocenters. The molecular weight excluding hydrogens is 273 g/mol. The molecule has 2 N–H and O–H groups in total. The van der Waals surface area contributed by atoms with Crippen LogP contribution < -0.4 is 15.4 Å². The maximum absolute atomic E-state index is 12.1. The average Bonchev–Trinajstić information content (AvgIpc) is 2.32. The van der Waals surface area contributed by atoms with Crippen LogP contribution in [-0.4, -0.2) is 38.2 Å². The van der Waals surface area contributed by atoms with E-state index in [1.54, 1.807) is 19.4 Å². The van der Waals surface area contributed by atoms with Gasteiger partial charge in [0.25, 0.3) is 0 Å². The third-order valence-electron chi connectivity index (χ3n) is 2.75. The van der Waals surface area contributed by atoms with Crippen LogP contribution >= 0.6 is 7.14 Å². The molecule has 0 atom stereocenters. The molecule has 0 saturated carbocycles. The molecular formula is C15H26NO3P. The molecule has 0 aliphatic heterocycles. The van der Waals surface area contributed by atoms with Crippen LogP contribution in [0.25, 0.3) is 0 Å². The molecule has 114 valence electrons. The molecule has 0 saturated heterocycles. The largest absolute Gasteiger partial charge is 0.489 e.